The summed E-state index contributed by atoms with van der Waals surface area (Å²) in [6, 6.07) is 6.83. The molecule has 132 valence electrons. The SMILES string of the molecule is COC(=O)[C@]12C(=O)[C@@H]3C[C@H](CC[C@@H]1OC(=O)c1ccc(Br)cc1)[C@H]2C3. The van der Waals surface area contributed by atoms with E-state index in [1.807, 2.05) is 0 Å². The van der Waals surface area contributed by atoms with Gasteiger partial charge in [0, 0.05) is 10.4 Å². The van der Waals surface area contributed by atoms with Crippen LogP contribution in [0.5, 0.6) is 0 Å². The first kappa shape index (κ1) is 16.8. The number of ether oxygens (including phenoxy) is 2. The van der Waals surface area contributed by atoms with E-state index in [2.05, 4.69) is 15.9 Å². The second-order valence-electron chi connectivity index (χ2n) is 7.24. The van der Waals surface area contributed by atoms with Crippen LogP contribution >= 0.6 is 15.9 Å². The van der Waals surface area contributed by atoms with Crippen LogP contribution in [0.2, 0.25) is 0 Å². The number of halogens is 1. The Balaban J connectivity index is 1.66. The topological polar surface area (TPSA) is 69.7 Å². The van der Waals surface area contributed by atoms with Crippen molar-refractivity contribution in [3.63, 3.8) is 0 Å². The maximum atomic E-state index is 13.0. The van der Waals surface area contributed by atoms with E-state index in [0.717, 1.165) is 17.3 Å². The average molecular weight is 407 g/mol. The molecule has 3 aliphatic rings. The van der Waals surface area contributed by atoms with E-state index in [9.17, 15) is 14.4 Å². The molecular formula is C19H19BrO5. The molecule has 3 saturated carbocycles. The molecule has 2 bridgehead atoms. The molecule has 0 aliphatic heterocycles. The Hall–Kier alpha value is -1.69. The van der Waals surface area contributed by atoms with Crippen molar-refractivity contribution < 1.29 is 23.9 Å². The fourth-order valence-electron chi connectivity index (χ4n) is 5.21. The maximum Gasteiger partial charge on any atom is 0.338 e. The van der Waals surface area contributed by atoms with Crippen LogP contribution in [0.25, 0.3) is 0 Å². The number of benzene rings is 1. The normalized spacial score (nSPS) is 35.5. The van der Waals surface area contributed by atoms with Gasteiger partial charge in [-0.15, -0.1) is 0 Å². The highest BCUT2D eigenvalue weighted by atomic mass is 79.9. The molecule has 5 nitrogen and oxygen atoms in total. The quantitative estimate of drug-likeness (QED) is 0.569. The molecule has 0 amide bonds. The number of carbonyl (C=O) groups excluding carboxylic acids is 3. The Bertz CT molecular complexity index is 743. The van der Waals surface area contributed by atoms with Gasteiger partial charge in [-0.25, -0.2) is 4.79 Å². The van der Waals surface area contributed by atoms with Crippen LogP contribution in [0.1, 0.15) is 36.0 Å². The summed E-state index contributed by atoms with van der Waals surface area (Å²) in [6.07, 6.45) is 2.23. The lowest BCUT2D eigenvalue weighted by molar-refractivity contribution is -0.178. The predicted octanol–water partition coefficient (Wildman–Crippen LogP) is 3.15. The third kappa shape index (κ3) is 2.30. The smallest absolute Gasteiger partial charge is 0.338 e. The van der Waals surface area contributed by atoms with Crippen molar-refractivity contribution in [3.05, 3.63) is 34.3 Å². The standard InChI is InChI=1S/C19H19BrO5/c1-24-18(23)19-14-9-12(16(19)21)8-11(14)4-7-15(19)25-17(22)10-2-5-13(20)6-3-10/h2-3,5-6,11-12,14-15H,4,7-9H2,1H3/t11-,12+,14+,15-,19-/m0/s1. The van der Waals surface area contributed by atoms with Crippen LogP contribution in [0.4, 0.5) is 0 Å². The first-order valence-corrected chi connectivity index (χ1v) is 9.37. The van der Waals surface area contributed by atoms with Crippen molar-refractivity contribution in [3.8, 4) is 0 Å². The molecule has 0 unspecified atom stereocenters. The molecule has 0 N–H and O–H groups in total. The van der Waals surface area contributed by atoms with Gasteiger partial charge in [0.2, 0.25) is 0 Å². The highest BCUT2D eigenvalue weighted by Crippen LogP contribution is 2.63. The third-order valence-electron chi connectivity index (χ3n) is 6.22. The lowest BCUT2D eigenvalue weighted by Gasteiger charge is -2.46. The molecule has 3 aliphatic carbocycles. The minimum atomic E-state index is -1.30. The van der Waals surface area contributed by atoms with Crippen molar-refractivity contribution in [1.29, 1.82) is 0 Å². The van der Waals surface area contributed by atoms with Crippen molar-refractivity contribution in [2.45, 2.75) is 31.8 Å². The zero-order valence-corrected chi connectivity index (χ0v) is 15.5. The summed E-state index contributed by atoms with van der Waals surface area (Å²) in [4.78, 5) is 38.2. The number of Topliss-reactive ketones (excluding diaryl/α,β-unsaturated/α-hetero) is 1. The molecule has 25 heavy (non-hydrogen) atoms. The van der Waals surface area contributed by atoms with Crippen LogP contribution in [0.15, 0.2) is 28.7 Å². The van der Waals surface area contributed by atoms with E-state index in [4.69, 9.17) is 9.47 Å². The van der Waals surface area contributed by atoms with Crippen molar-refractivity contribution >= 4 is 33.7 Å². The lowest BCUT2D eigenvalue weighted by Crippen LogP contribution is -2.59. The molecule has 0 radical (unpaired) electrons. The first-order chi connectivity index (χ1) is 12.0. The minimum absolute atomic E-state index is 0.0612. The molecular weight excluding hydrogens is 388 g/mol. The van der Waals surface area contributed by atoms with Gasteiger partial charge in [-0.2, -0.15) is 0 Å². The number of hydrogen-bond donors (Lipinski definition) is 0. The summed E-state index contributed by atoms with van der Waals surface area (Å²) >= 11 is 3.33. The number of rotatable bonds is 3. The monoisotopic (exact) mass is 406 g/mol. The largest absolute Gasteiger partial charge is 0.468 e. The Morgan fingerprint density at radius 2 is 1.88 bits per heavy atom. The number of ketones is 1. The highest BCUT2D eigenvalue weighted by molar-refractivity contribution is 9.10. The predicted molar refractivity (Wildman–Crippen MR) is 91.7 cm³/mol. The Kier molecular flexibility index (Phi) is 3.98. The molecule has 3 fully saturated rings. The average Bonchev–Trinajstić information content (AvgIpc) is 3.17. The first-order valence-electron chi connectivity index (χ1n) is 8.57. The minimum Gasteiger partial charge on any atom is -0.468 e. The zero-order valence-electron chi connectivity index (χ0n) is 13.9. The summed E-state index contributed by atoms with van der Waals surface area (Å²) in [5.41, 5.74) is -0.896. The van der Waals surface area contributed by atoms with Gasteiger partial charge in [0.25, 0.3) is 0 Å². The van der Waals surface area contributed by atoms with E-state index in [0.29, 0.717) is 24.3 Å². The van der Waals surface area contributed by atoms with E-state index in [1.165, 1.54) is 7.11 Å². The third-order valence-corrected chi connectivity index (χ3v) is 6.75. The molecule has 4 rings (SSSR count). The molecule has 1 aromatic carbocycles. The van der Waals surface area contributed by atoms with Gasteiger partial charge in [0.1, 0.15) is 6.10 Å². The van der Waals surface area contributed by atoms with Crippen molar-refractivity contribution in [2.75, 3.05) is 7.11 Å². The summed E-state index contributed by atoms with van der Waals surface area (Å²) in [5, 5.41) is 0. The Morgan fingerprint density at radius 3 is 2.52 bits per heavy atom. The van der Waals surface area contributed by atoms with Crippen LogP contribution in [-0.4, -0.2) is 30.9 Å². The van der Waals surface area contributed by atoms with Crippen LogP contribution in [-0.2, 0) is 19.1 Å². The molecule has 0 aromatic heterocycles. The second kappa shape index (κ2) is 5.94. The van der Waals surface area contributed by atoms with Crippen LogP contribution < -0.4 is 0 Å². The number of fused-ring (bicyclic) bond motifs is 1. The molecule has 0 spiro atoms. The zero-order chi connectivity index (χ0) is 17.8. The fraction of sp³-hybridized carbons (Fsp3) is 0.526. The summed E-state index contributed by atoms with van der Waals surface area (Å²) < 4.78 is 11.6. The van der Waals surface area contributed by atoms with E-state index >= 15 is 0 Å². The summed E-state index contributed by atoms with van der Waals surface area (Å²) in [7, 11) is 1.30. The van der Waals surface area contributed by atoms with Gasteiger partial charge in [0.15, 0.2) is 11.2 Å². The lowest BCUT2D eigenvalue weighted by atomic mass is 9.58. The summed E-state index contributed by atoms with van der Waals surface area (Å²) in [5.74, 6) is -0.937. The molecule has 1 aromatic rings. The molecule has 6 heteroatoms. The van der Waals surface area contributed by atoms with Gasteiger partial charge >= 0.3 is 11.9 Å². The fourth-order valence-corrected chi connectivity index (χ4v) is 5.48. The Labute approximate surface area is 154 Å². The van der Waals surface area contributed by atoms with E-state index < -0.39 is 23.5 Å². The van der Waals surface area contributed by atoms with Gasteiger partial charge < -0.3 is 9.47 Å². The highest BCUT2D eigenvalue weighted by Gasteiger charge is 2.72. The van der Waals surface area contributed by atoms with Crippen LogP contribution in [0, 0.1) is 23.2 Å². The van der Waals surface area contributed by atoms with Gasteiger partial charge in [-0.3, -0.25) is 9.59 Å². The van der Waals surface area contributed by atoms with Gasteiger partial charge in [-0.1, -0.05) is 15.9 Å². The molecule has 0 saturated heterocycles. The van der Waals surface area contributed by atoms with Crippen LogP contribution in [0.3, 0.4) is 0 Å². The number of hydrogen-bond acceptors (Lipinski definition) is 5. The van der Waals surface area contributed by atoms with Gasteiger partial charge in [-0.05, 0) is 61.8 Å². The summed E-state index contributed by atoms with van der Waals surface area (Å²) in [6.45, 7) is 0. The van der Waals surface area contributed by atoms with Crippen molar-refractivity contribution in [1.82, 2.24) is 0 Å². The van der Waals surface area contributed by atoms with E-state index in [-0.39, 0.29) is 17.6 Å². The van der Waals surface area contributed by atoms with Crippen molar-refractivity contribution in [2.24, 2.45) is 23.2 Å². The second-order valence-corrected chi connectivity index (χ2v) is 8.15. The maximum absolute atomic E-state index is 13.0. The number of methoxy groups -OCH3 is 1. The van der Waals surface area contributed by atoms with E-state index in [1.54, 1.807) is 24.3 Å². The van der Waals surface area contributed by atoms with Gasteiger partial charge in [0.05, 0.1) is 12.7 Å². The molecule has 0 heterocycles. The number of carbonyl (C=O) groups is 3. The molecule has 5 atom stereocenters. The Morgan fingerprint density at radius 1 is 1.16 bits per heavy atom. The number of esters is 2.